The minimum atomic E-state index is -1.10. The van der Waals surface area contributed by atoms with Crippen molar-refractivity contribution >= 4 is 0 Å². The van der Waals surface area contributed by atoms with Crippen LogP contribution < -0.4 is 15.4 Å². The predicted octanol–water partition coefficient (Wildman–Crippen LogP) is 1.37. The van der Waals surface area contributed by atoms with Crippen molar-refractivity contribution in [2.75, 3.05) is 14.2 Å². The summed E-state index contributed by atoms with van der Waals surface area (Å²) in [7, 11) is 2.53. The van der Waals surface area contributed by atoms with Crippen LogP contribution >= 0.6 is 0 Å². The van der Waals surface area contributed by atoms with E-state index in [-0.39, 0.29) is 23.7 Å². The van der Waals surface area contributed by atoms with E-state index in [1.54, 1.807) is 0 Å². The molecule has 1 aromatic rings. The summed E-state index contributed by atoms with van der Waals surface area (Å²) in [5.74, 6) is 2.48. The van der Waals surface area contributed by atoms with Crippen LogP contribution in [-0.2, 0) is 11.4 Å². The molecule has 0 unspecified atom stereocenters. The minimum Gasteiger partial charge on any atom is -0.492 e. The predicted molar refractivity (Wildman–Crippen MR) is 48.4 cm³/mol. The molecule has 1 rings (SSSR count). The maximum atomic E-state index is 13.2. The van der Waals surface area contributed by atoms with Gasteiger partial charge in [0.15, 0.2) is 17.3 Å². The molecule has 15 heavy (non-hydrogen) atoms. The van der Waals surface area contributed by atoms with Crippen LogP contribution in [-0.4, -0.2) is 14.2 Å². The van der Waals surface area contributed by atoms with Gasteiger partial charge in [-0.1, -0.05) is 0 Å². The van der Waals surface area contributed by atoms with Gasteiger partial charge in [-0.3, -0.25) is 4.84 Å². The third-order valence-electron chi connectivity index (χ3n) is 1.85. The third kappa shape index (κ3) is 2.16. The molecule has 0 fully saturated rings. The highest BCUT2D eigenvalue weighted by molar-refractivity contribution is 5.48. The van der Waals surface area contributed by atoms with Gasteiger partial charge in [0.2, 0.25) is 5.82 Å². The molecule has 2 N–H and O–H groups in total. The molecule has 0 bridgehead atoms. The first-order valence-electron chi connectivity index (χ1n) is 4.06. The molecule has 1 aromatic carbocycles. The van der Waals surface area contributed by atoms with Gasteiger partial charge in [-0.05, 0) is 6.07 Å². The fourth-order valence-corrected chi connectivity index (χ4v) is 1.24. The molecule has 0 spiro atoms. The average molecular weight is 219 g/mol. The van der Waals surface area contributed by atoms with E-state index in [9.17, 15) is 8.78 Å². The maximum Gasteiger partial charge on any atom is 0.204 e. The van der Waals surface area contributed by atoms with Crippen molar-refractivity contribution in [1.82, 2.24) is 0 Å². The number of hydrogen-bond donors (Lipinski definition) is 1. The first-order valence-corrected chi connectivity index (χ1v) is 4.06. The number of benzene rings is 1. The molecular formula is C9H11F2NO3. The van der Waals surface area contributed by atoms with Gasteiger partial charge in [-0.2, -0.15) is 4.39 Å². The molecule has 0 amide bonds. The molecule has 0 atom stereocenters. The lowest BCUT2D eigenvalue weighted by molar-refractivity contribution is 0.121. The van der Waals surface area contributed by atoms with Crippen molar-refractivity contribution in [3.63, 3.8) is 0 Å². The number of rotatable bonds is 4. The summed E-state index contributed by atoms with van der Waals surface area (Å²) in [6.07, 6.45) is 0. The highest BCUT2D eigenvalue weighted by Crippen LogP contribution is 2.35. The molecule has 0 aliphatic carbocycles. The normalized spacial score (nSPS) is 10.2. The first kappa shape index (κ1) is 11.7. The van der Waals surface area contributed by atoms with Gasteiger partial charge in [0.1, 0.15) is 0 Å². The van der Waals surface area contributed by atoms with E-state index < -0.39 is 11.6 Å². The summed E-state index contributed by atoms with van der Waals surface area (Å²) < 4.78 is 35.9. The van der Waals surface area contributed by atoms with E-state index in [1.807, 2.05) is 0 Å². The number of nitrogens with two attached hydrogens (primary N) is 1. The zero-order valence-corrected chi connectivity index (χ0v) is 8.34. The zero-order valence-electron chi connectivity index (χ0n) is 8.34. The van der Waals surface area contributed by atoms with Crippen LogP contribution in [0.1, 0.15) is 5.56 Å². The minimum absolute atomic E-state index is 0.0712. The Labute approximate surface area is 85.5 Å². The molecule has 0 heterocycles. The Balaban J connectivity index is 3.33. The molecule has 6 heteroatoms. The smallest absolute Gasteiger partial charge is 0.204 e. The van der Waals surface area contributed by atoms with Crippen molar-refractivity contribution in [2.24, 2.45) is 5.90 Å². The molecule has 84 valence electrons. The fraction of sp³-hybridized carbons (Fsp3) is 0.333. The molecular weight excluding hydrogens is 208 g/mol. The average Bonchev–Trinajstić information content (AvgIpc) is 2.23. The molecule has 0 radical (unpaired) electrons. The van der Waals surface area contributed by atoms with Crippen LogP contribution in [0.5, 0.6) is 11.5 Å². The maximum absolute atomic E-state index is 13.2. The lowest BCUT2D eigenvalue weighted by Crippen LogP contribution is -2.05. The Morgan fingerprint density at radius 1 is 1.20 bits per heavy atom. The molecule has 0 saturated carbocycles. The van der Waals surface area contributed by atoms with Crippen molar-refractivity contribution in [2.45, 2.75) is 6.61 Å². The Kier molecular flexibility index (Phi) is 3.81. The third-order valence-corrected chi connectivity index (χ3v) is 1.85. The second-order valence-corrected chi connectivity index (χ2v) is 2.71. The largest absolute Gasteiger partial charge is 0.492 e. The van der Waals surface area contributed by atoms with Crippen LogP contribution in [0.15, 0.2) is 6.07 Å². The van der Waals surface area contributed by atoms with E-state index in [0.717, 1.165) is 6.07 Å². The monoisotopic (exact) mass is 219 g/mol. The molecule has 4 nitrogen and oxygen atoms in total. The second-order valence-electron chi connectivity index (χ2n) is 2.71. The quantitative estimate of drug-likeness (QED) is 0.777. The van der Waals surface area contributed by atoms with Crippen molar-refractivity contribution in [1.29, 1.82) is 0 Å². The van der Waals surface area contributed by atoms with Gasteiger partial charge in [-0.25, -0.2) is 10.3 Å². The van der Waals surface area contributed by atoms with E-state index in [4.69, 9.17) is 15.4 Å². The van der Waals surface area contributed by atoms with Gasteiger partial charge >= 0.3 is 0 Å². The second kappa shape index (κ2) is 4.90. The Hall–Kier alpha value is -1.40. The zero-order chi connectivity index (χ0) is 11.4. The Morgan fingerprint density at radius 3 is 2.27 bits per heavy atom. The number of ether oxygens (including phenoxy) is 2. The van der Waals surface area contributed by atoms with Crippen molar-refractivity contribution in [3.05, 3.63) is 23.3 Å². The number of hydrogen-bond acceptors (Lipinski definition) is 4. The Bertz CT molecular complexity index is 358. The lowest BCUT2D eigenvalue weighted by atomic mass is 10.2. The summed E-state index contributed by atoms with van der Waals surface area (Å²) >= 11 is 0. The van der Waals surface area contributed by atoms with E-state index >= 15 is 0 Å². The lowest BCUT2D eigenvalue weighted by Gasteiger charge is -2.13. The highest BCUT2D eigenvalue weighted by atomic mass is 19.2. The van der Waals surface area contributed by atoms with Gasteiger partial charge in [0.25, 0.3) is 0 Å². The fourth-order valence-electron chi connectivity index (χ4n) is 1.24. The molecule has 0 saturated heterocycles. The van der Waals surface area contributed by atoms with Gasteiger partial charge < -0.3 is 9.47 Å². The van der Waals surface area contributed by atoms with Gasteiger partial charge in [-0.15, -0.1) is 0 Å². The van der Waals surface area contributed by atoms with Crippen LogP contribution in [0.25, 0.3) is 0 Å². The summed E-state index contributed by atoms with van der Waals surface area (Å²) in [5, 5.41) is 0. The van der Waals surface area contributed by atoms with Gasteiger partial charge in [0, 0.05) is 5.56 Å². The summed E-state index contributed by atoms with van der Waals surface area (Å²) in [6, 6.07) is 0.948. The molecule has 0 aliphatic heterocycles. The van der Waals surface area contributed by atoms with E-state index in [2.05, 4.69) is 4.84 Å². The molecule has 0 aliphatic rings. The highest BCUT2D eigenvalue weighted by Gasteiger charge is 2.19. The van der Waals surface area contributed by atoms with Crippen LogP contribution in [0.4, 0.5) is 8.78 Å². The van der Waals surface area contributed by atoms with Gasteiger partial charge in [0.05, 0.1) is 20.8 Å². The SMILES string of the molecule is COc1c(CON)cc(F)c(F)c1OC. The van der Waals surface area contributed by atoms with E-state index in [1.165, 1.54) is 14.2 Å². The topological polar surface area (TPSA) is 53.7 Å². The standard InChI is InChI=1S/C9H11F2NO3/c1-13-8-5(4-15-12)3-6(10)7(11)9(8)14-2/h3H,4,12H2,1-2H3. The van der Waals surface area contributed by atoms with E-state index in [0.29, 0.717) is 0 Å². The van der Waals surface area contributed by atoms with Crippen LogP contribution in [0, 0.1) is 11.6 Å². The number of methoxy groups -OCH3 is 2. The number of halogens is 2. The van der Waals surface area contributed by atoms with Crippen molar-refractivity contribution < 1.29 is 23.1 Å². The molecule has 0 aromatic heterocycles. The van der Waals surface area contributed by atoms with Crippen molar-refractivity contribution in [3.8, 4) is 11.5 Å². The summed E-state index contributed by atoms with van der Waals surface area (Å²) in [6.45, 7) is -0.100. The van der Waals surface area contributed by atoms with Crippen LogP contribution in [0.2, 0.25) is 0 Å². The first-order chi connectivity index (χ1) is 7.15. The Morgan fingerprint density at radius 2 is 1.80 bits per heavy atom. The summed E-state index contributed by atoms with van der Waals surface area (Å²) in [4.78, 5) is 4.34. The summed E-state index contributed by atoms with van der Waals surface area (Å²) in [5.41, 5.74) is 0.274. The van der Waals surface area contributed by atoms with Crippen LogP contribution in [0.3, 0.4) is 0 Å².